The van der Waals surface area contributed by atoms with Crippen molar-refractivity contribution < 1.29 is 19.2 Å². The van der Waals surface area contributed by atoms with Crippen LogP contribution in [0, 0.1) is 11.8 Å². The van der Waals surface area contributed by atoms with E-state index >= 15 is 0 Å². The van der Waals surface area contributed by atoms with Crippen molar-refractivity contribution in [3.05, 3.63) is 0 Å². The fourth-order valence-corrected chi connectivity index (χ4v) is 2.74. The molecule has 9 heteroatoms. The van der Waals surface area contributed by atoms with Crippen LogP contribution in [-0.4, -0.2) is 53.9 Å². The molecule has 0 aromatic rings. The highest BCUT2D eigenvalue weighted by Gasteiger charge is 2.31. The molecule has 0 fully saturated rings. The lowest BCUT2D eigenvalue weighted by Crippen LogP contribution is -2.56. The summed E-state index contributed by atoms with van der Waals surface area (Å²) in [6.45, 7) is 7.91. The standard InChI is InChI=1S/C19H35ClN4O4/c1-11(2)9-15(24-19(28)16(22)12(3)4)18(27)23-14(7-5-6-8-21)17(26)13(20)10-25/h10-16H,5-9,21-22H2,1-4H3,(H,23,27)(H,24,28)/t13?,14-,15-,16+/m0/s1. The van der Waals surface area contributed by atoms with Gasteiger partial charge in [0.25, 0.3) is 0 Å². The molecule has 0 rings (SSSR count). The number of nitrogens with two attached hydrogens (primary N) is 2. The Hall–Kier alpha value is -1.51. The number of rotatable bonds is 14. The van der Waals surface area contributed by atoms with Gasteiger partial charge in [0.1, 0.15) is 17.7 Å². The van der Waals surface area contributed by atoms with E-state index in [-0.39, 0.29) is 11.8 Å². The number of carbonyl (C=O) groups is 4. The van der Waals surface area contributed by atoms with Crippen molar-refractivity contribution in [3.8, 4) is 0 Å². The summed E-state index contributed by atoms with van der Waals surface area (Å²) in [4.78, 5) is 48.3. The lowest BCUT2D eigenvalue weighted by atomic mass is 9.98. The van der Waals surface area contributed by atoms with E-state index in [4.69, 9.17) is 23.1 Å². The molecule has 0 bridgehead atoms. The van der Waals surface area contributed by atoms with E-state index in [0.29, 0.717) is 38.5 Å². The second-order valence-electron chi connectivity index (χ2n) is 7.75. The molecule has 0 aromatic heterocycles. The number of nitrogens with one attached hydrogen (secondary N) is 2. The van der Waals surface area contributed by atoms with Crippen molar-refractivity contribution in [2.45, 2.75) is 76.9 Å². The van der Waals surface area contributed by atoms with Gasteiger partial charge in [-0.3, -0.25) is 14.4 Å². The third-order valence-electron chi connectivity index (χ3n) is 4.36. The molecule has 162 valence electrons. The molecular formula is C19H35ClN4O4. The topological polar surface area (TPSA) is 144 Å². The Labute approximate surface area is 172 Å². The number of aldehydes is 1. The van der Waals surface area contributed by atoms with Crippen molar-refractivity contribution in [2.75, 3.05) is 6.54 Å². The van der Waals surface area contributed by atoms with Gasteiger partial charge in [-0.2, -0.15) is 0 Å². The molecule has 0 saturated carbocycles. The maximum absolute atomic E-state index is 12.8. The van der Waals surface area contributed by atoms with Gasteiger partial charge < -0.3 is 26.9 Å². The first-order valence-corrected chi connectivity index (χ1v) is 10.2. The fourth-order valence-electron chi connectivity index (χ4n) is 2.58. The first kappa shape index (κ1) is 26.5. The molecule has 0 aliphatic heterocycles. The molecule has 0 aromatic carbocycles. The minimum Gasteiger partial charge on any atom is -0.344 e. The van der Waals surface area contributed by atoms with Gasteiger partial charge in [-0.15, -0.1) is 11.6 Å². The second-order valence-corrected chi connectivity index (χ2v) is 8.22. The zero-order chi connectivity index (χ0) is 21.9. The van der Waals surface area contributed by atoms with Gasteiger partial charge in [0.2, 0.25) is 11.8 Å². The highest BCUT2D eigenvalue weighted by Crippen LogP contribution is 2.11. The summed E-state index contributed by atoms with van der Waals surface area (Å²) < 4.78 is 0. The van der Waals surface area contributed by atoms with Crippen LogP contribution in [0.1, 0.15) is 53.4 Å². The van der Waals surface area contributed by atoms with E-state index in [1.807, 2.05) is 27.7 Å². The Morgan fingerprint density at radius 2 is 1.57 bits per heavy atom. The van der Waals surface area contributed by atoms with Gasteiger partial charge >= 0.3 is 0 Å². The molecule has 1 unspecified atom stereocenters. The fraction of sp³-hybridized carbons (Fsp3) is 0.789. The van der Waals surface area contributed by atoms with Crippen molar-refractivity contribution in [1.29, 1.82) is 0 Å². The van der Waals surface area contributed by atoms with Crippen LogP contribution in [0.15, 0.2) is 0 Å². The van der Waals surface area contributed by atoms with E-state index < -0.39 is 41.1 Å². The number of unbranched alkanes of at least 4 members (excludes halogenated alkanes) is 1. The van der Waals surface area contributed by atoms with Gasteiger partial charge in [-0.1, -0.05) is 27.7 Å². The van der Waals surface area contributed by atoms with Crippen LogP contribution in [0.4, 0.5) is 0 Å². The summed E-state index contributed by atoms with van der Waals surface area (Å²) in [6, 6.07) is -2.50. The van der Waals surface area contributed by atoms with E-state index in [1.165, 1.54) is 0 Å². The van der Waals surface area contributed by atoms with Crippen molar-refractivity contribution in [2.24, 2.45) is 23.3 Å². The predicted molar refractivity (Wildman–Crippen MR) is 110 cm³/mol. The molecule has 0 spiro atoms. The number of Topliss-reactive ketones (excluding diaryl/α,β-unsaturated/α-hetero) is 1. The van der Waals surface area contributed by atoms with Crippen LogP contribution in [0.3, 0.4) is 0 Å². The van der Waals surface area contributed by atoms with Gasteiger partial charge in [0.15, 0.2) is 5.78 Å². The summed E-state index contributed by atoms with van der Waals surface area (Å²) in [6.07, 6.45) is 2.29. The lowest BCUT2D eigenvalue weighted by molar-refractivity contribution is -0.132. The maximum Gasteiger partial charge on any atom is 0.243 e. The molecule has 2 amide bonds. The third-order valence-corrected chi connectivity index (χ3v) is 4.68. The number of alkyl halides is 1. The molecular weight excluding hydrogens is 384 g/mol. The molecule has 6 N–H and O–H groups in total. The van der Waals surface area contributed by atoms with E-state index in [1.54, 1.807) is 0 Å². The first-order valence-electron chi connectivity index (χ1n) is 9.74. The van der Waals surface area contributed by atoms with Gasteiger partial charge in [-0.05, 0) is 44.1 Å². The smallest absolute Gasteiger partial charge is 0.243 e. The Kier molecular flexibility index (Phi) is 12.9. The molecule has 0 saturated heterocycles. The summed E-state index contributed by atoms with van der Waals surface area (Å²) in [5, 5.41) is 3.98. The van der Waals surface area contributed by atoms with Crippen LogP contribution in [0.25, 0.3) is 0 Å². The molecule has 0 aliphatic carbocycles. The summed E-state index contributed by atoms with van der Waals surface area (Å²) >= 11 is 5.75. The normalized spacial score (nSPS) is 15.6. The number of halogens is 1. The van der Waals surface area contributed by atoms with Crippen molar-refractivity contribution in [3.63, 3.8) is 0 Å². The average Bonchev–Trinajstić information content (AvgIpc) is 2.64. The van der Waals surface area contributed by atoms with Crippen LogP contribution in [0.5, 0.6) is 0 Å². The Balaban J connectivity index is 5.29. The van der Waals surface area contributed by atoms with E-state index in [2.05, 4.69) is 10.6 Å². The molecule has 0 radical (unpaired) electrons. The van der Waals surface area contributed by atoms with Crippen molar-refractivity contribution in [1.82, 2.24) is 10.6 Å². The summed E-state index contributed by atoms with van der Waals surface area (Å²) in [5.41, 5.74) is 11.3. The summed E-state index contributed by atoms with van der Waals surface area (Å²) in [5.74, 6) is -1.47. The Bertz CT molecular complexity index is 528. The van der Waals surface area contributed by atoms with Crippen LogP contribution in [-0.2, 0) is 19.2 Å². The Morgan fingerprint density at radius 1 is 1.00 bits per heavy atom. The number of hydrogen-bond donors (Lipinski definition) is 4. The zero-order valence-electron chi connectivity index (χ0n) is 17.2. The zero-order valence-corrected chi connectivity index (χ0v) is 18.0. The van der Waals surface area contributed by atoms with E-state index in [9.17, 15) is 19.2 Å². The van der Waals surface area contributed by atoms with Crippen LogP contribution < -0.4 is 22.1 Å². The predicted octanol–water partition coefficient (Wildman–Crippen LogP) is 0.490. The minimum absolute atomic E-state index is 0.0852. The van der Waals surface area contributed by atoms with E-state index in [0.717, 1.165) is 0 Å². The second kappa shape index (κ2) is 13.6. The highest BCUT2D eigenvalue weighted by atomic mass is 35.5. The van der Waals surface area contributed by atoms with Gasteiger partial charge in [-0.25, -0.2) is 0 Å². The number of ketones is 1. The number of hydrogen-bond acceptors (Lipinski definition) is 6. The molecule has 8 nitrogen and oxygen atoms in total. The minimum atomic E-state index is -1.34. The molecule has 4 atom stereocenters. The Morgan fingerprint density at radius 3 is 2.04 bits per heavy atom. The van der Waals surface area contributed by atoms with Gasteiger partial charge in [0.05, 0.1) is 12.1 Å². The SMILES string of the molecule is CC(C)C[C@H](NC(=O)[C@H](N)C(C)C)C(=O)N[C@@H](CCCCN)C(=O)C(Cl)C=O. The lowest BCUT2D eigenvalue weighted by Gasteiger charge is -2.26. The molecule has 0 heterocycles. The van der Waals surface area contributed by atoms with Crippen molar-refractivity contribution >= 4 is 35.5 Å². The monoisotopic (exact) mass is 418 g/mol. The summed E-state index contributed by atoms with van der Waals surface area (Å²) in [7, 11) is 0. The maximum atomic E-state index is 12.8. The first-order chi connectivity index (χ1) is 13.0. The average molecular weight is 419 g/mol. The van der Waals surface area contributed by atoms with Gasteiger partial charge in [0, 0.05) is 0 Å². The highest BCUT2D eigenvalue weighted by molar-refractivity contribution is 6.39. The number of amides is 2. The van der Waals surface area contributed by atoms with Crippen LogP contribution >= 0.6 is 11.6 Å². The third kappa shape index (κ3) is 9.61. The molecule has 0 aliphatic rings. The van der Waals surface area contributed by atoms with Crippen LogP contribution in [0.2, 0.25) is 0 Å². The largest absolute Gasteiger partial charge is 0.344 e. The molecule has 28 heavy (non-hydrogen) atoms. The number of carbonyl (C=O) groups excluding carboxylic acids is 4. The quantitative estimate of drug-likeness (QED) is 0.140.